The molecule has 0 saturated carbocycles. The average molecular weight is 227 g/mol. The van der Waals surface area contributed by atoms with Crippen molar-refractivity contribution in [3.8, 4) is 0 Å². The molecule has 1 aromatic rings. The van der Waals surface area contributed by atoms with Crippen molar-refractivity contribution in [2.75, 3.05) is 13.1 Å². The highest BCUT2D eigenvalue weighted by molar-refractivity contribution is 6.30. The molecular weight excluding hydrogens is 208 g/mol. The Bertz CT molecular complexity index is 293. The maximum absolute atomic E-state index is 5.80. The van der Waals surface area contributed by atoms with Crippen LogP contribution in [0.1, 0.15) is 19.4 Å². The number of benzene rings is 1. The van der Waals surface area contributed by atoms with Crippen LogP contribution in [-0.4, -0.2) is 13.1 Å². The fraction of sp³-hybridized carbons (Fsp3) is 0.500. The van der Waals surface area contributed by atoms with Crippen LogP contribution in [0.5, 0.6) is 0 Å². The third kappa shape index (κ3) is 4.65. The van der Waals surface area contributed by atoms with Crippen LogP contribution in [0.2, 0.25) is 5.02 Å². The molecule has 0 aromatic heterocycles. The summed E-state index contributed by atoms with van der Waals surface area (Å²) in [5.74, 6) is 0. The number of rotatable bonds is 5. The Labute approximate surface area is 96.8 Å². The van der Waals surface area contributed by atoms with Gasteiger partial charge in [0.25, 0.3) is 0 Å². The van der Waals surface area contributed by atoms with Crippen molar-refractivity contribution < 1.29 is 0 Å². The molecule has 0 unspecified atom stereocenters. The molecule has 0 spiro atoms. The molecule has 0 fully saturated rings. The highest BCUT2D eigenvalue weighted by Crippen LogP contribution is 2.12. The molecule has 2 nitrogen and oxygen atoms in total. The Hall–Kier alpha value is -0.570. The van der Waals surface area contributed by atoms with Gasteiger partial charge in [-0.15, -0.1) is 0 Å². The number of nitrogens with one attached hydrogen (secondary N) is 1. The summed E-state index contributed by atoms with van der Waals surface area (Å²) in [7, 11) is 0. The Morgan fingerprint density at radius 1 is 1.27 bits per heavy atom. The SMILES string of the molecule is CC(C)(CN)CNCc1ccc(Cl)cc1. The quantitative estimate of drug-likeness (QED) is 0.810. The zero-order valence-electron chi connectivity index (χ0n) is 9.39. The van der Waals surface area contributed by atoms with Crippen LogP contribution in [-0.2, 0) is 6.54 Å². The molecule has 1 rings (SSSR count). The summed E-state index contributed by atoms with van der Waals surface area (Å²) in [6.45, 7) is 6.79. The van der Waals surface area contributed by atoms with Gasteiger partial charge in [-0.25, -0.2) is 0 Å². The second kappa shape index (κ2) is 5.50. The molecule has 0 atom stereocenters. The van der Waals surface area contributed by atoms with E-state index in [1.54, 1.807) is 0 Å². The summed E-state index contributed by atoms with van der Waals surface area (Å²) in [5, 5.41) is 4.17. The molecule has 0 saturated heterocycles. The van der Waals surface area contributed by atoms with Crippen molar-refractivity contribution in [3.63, 3.8) is 0 Å². The summed E-state index contributed by atoms with van der Waals surface area (Å²) in [5.41, 5.74) is 7.05. The van der Waals surface area contributed by atoms with Gasteiger partial charge in [0.05, 0.1) is 0 Å². The van der Waals surface area contributed by atoms with Crippen LogP contribution in [0.3, 0.4) is 0 Å². The molecular formula is C12H19ClN2. The standard InChI is InChI=1S/C12H19ClN2/c1-12(2,8-14)9-15-7-10-3-5-11(13)6-4-10/h3-6,15H,7-9,14H2,1-2H3. The number of halogens is 1. The van der Waals surface area contributed by atoms with Gasteiger partial charge in [0.2, 0.25) is 0 Å². The van der Waals surface area contributed by atoms with Crippen LogP contribution >= 0.6 is 11.6 Å². The molecule has 0 amide bonds. The van der Waals surface area contributed by atoms with E-state index in [2.05, 4.69) is 19.2 Å². The monoisotopic (exact) mass is 226 g/mol. The Morgan fingerprint density at radius 3 is 2.40 bits per heavy atom. The summed E-state index contributed by atoms with van der Waals surface area (Å²) in [6, 6.07) is 7.88. The lowest BCUT2D eigenvalue weighted by molar-refractivity contribution is 0.351. The van der Waals surface area contributed by atoms with Gasteiger partial charge >= 0.3 is 0 Å². The van der Waals surface area contributed by atoms with E-state index in [4.69, 9.17) is 17.3 Å². The lowest BCUT2D eigenvalue weighted by Gasteiger charge is -2.22. The largest absolute Gasteiger partial charge is 0.330 e. The van der Waals surface area contributed by atoms with Crippen LogP contribution in [0.15, 0.2) is 24.3 Å². The first-order chi connectivity index (χ1) is 7.03. The molecule has 15 heavy (non-hydrogen) atoms. The lowest BCUT2D eigenvalue weighted by atomic mass is 9.94. The van der Waals surface area contributed by atoms with Gasteiger partial charge < -0.3 is 11.1 Å². The normalized spacial score (nSPS) is 11.7. The number of hydrogen-bond acceptors (Lipinski definition) is 2. The van der Waals surface area contributed by atoms with Crippen molar-refractivity contribution in [1.29, 1.82) is 0 Å². The minimum atomic E-state index is 0.159. The van der Waals surface area contributed by atoms with E-state index in [0.29, 0.717) is 6.54 Å². The van der Waals surface area contributed by atoms with Gasteiger partial charge in [0.15, 0.2) is 0 Å². The van der Waals surface area contributed by atoms with E-state index in [0.717, 1.165) is 18.1 Å². The van der Waals surface area contributed by atoms with Crippen LogP contribution < -0.4 is 11.1 Å². The molecule has 0 aliphatic carbocycles. The predicted molar refractivity (Wildman–Crippen MR) is 66.0 cm³/mol. The zero-order chi connectivity index (χ0) is 11.3. The van der Waals surface area contributed by atoms with Crippen molar-refractivity contribution in [3.05, 3.63) is 34.9 Å². The summed E-state index contributed by atoms with van der Waals surface area (Å²) < 4.78 is 0. The first-order valence-electron chi connectivity index (χ1n) is 5.19. The summed E-state index contributed by atoms with van der Waals surface area (Å²) in [6.07, 6.45) is 0. The molecule has 3 N–H and O–H groups in total. The molecule has 1 aromatic carbocycles. The second-order valence-corrected chi connectivity index (χ2v) is 5.03. The number of nitrogens with two attached hydrogens (primary N) is 1. The average Bonchev–Trinajstić information content (AvgIpc) is 2.21. The van der Waals surface area contributed by atoms with E-state index in [1.807, 2.05) is 24.3 Å². The molecule has 3 heteroatoms. The molecule has 0 radical (unpaired) electrons. The first-order valence-corrected chi connectivity index (χ1v) is 5.56. The molecule has 0 aliphatic heterocycles. The van der Waals surface area contributed by atoms with Crippen molar-refractivity contribution >= 4 is 11.6 Å². The minimum absolute atomic E-state index is 0.159. The summed E-state index contributed by atoms with van der Waals surface area (Å²) >= 11 is 5.80. The van der Waals surface area contributed by atoms with Crippen molar-refractivity contribution in [2.45, 2.75) is 20.4 Å². The van der Waals surface area contributed by atoms with Crippen molar-refractivity contribution in [2.24, 2.45) is 11.1 Å². The fourth-order valence-corrected chi connectivity index (χ4v) is 1.35. The van der Waals surface area contributed by atoms with E-state index in [-0.39, 0.29) is 5.41 Å². The third-order valence-corrected chi connectivity index (χ3v) is 2.65. The Kier molecular flexibility index (Phi) is 4.58. The second-order valence-electron chi connectivity index (χ2n) is 4.60. The molecule has 0 heterocycles. The first kappa shape index (κ1) is 12.5. The van der Waals surface area contributed by atoms with Crippen LogP contribution in [0.4, 0.5) is 0 Å². The van der Waals surface area contributed by atoms with E-state index in [9.17, 15) is 0 Å². The van der Waals surface area contributed by atoms with Gasteiger partial charge in [-0.2, -0.15) is 0 Å². The molecule has 0 aliphatic rings. The fourth-order valence-electron chi connectivity index (χ4n) is 1.22. The predicted octanol–water partition coefficient (Wildman–Crippen LogP) is 2.41. The lowest BCUT2D eigenvalue weighted by Crippen LogP contribution is -2.35. The zero-order valence-corrected chi connectivity index (χ0v) is 10.1. The van der Waals surface area contributed by atoms with Crippen molar-refractivity contribution in [1.82, 2.24) is 5.32 Å². The van der Waals surface area contributed by atoms with Gasteiger partial charge in [-0.3, -0.25) is 0 Å². The van der Waals surface area contributed by atoms with Gasteiger partial charge in [0, 0.05) is 18.1 Å². The Balaban J connectivity index is 2.35. The summed E-state index contributed by atoms with van der Waals surface area (Å²) in [4.78, 5) is 0. The van der Waals surface area contributed by atoms with E-state index < -0.39 is 0 Å². The van der Waals surface area contributed by atoms with E-state index >= 15 is 0 Å². The Morgan fingerprint density at radius 2 is 1.87 bits per heavy atom. The van der Waals surface area contributed by atoms with Gasteiger partial charge in [-0.1, -0.05) is 37.6 Å². The van der Waals surface area contributed by atoms with Gasteiger partial charge in [-0.05, 0) is 29.7 Å². The smallest absolute Gasteiger partial charge is 0.0406 e. The molecule has 0 bridgehead atoms. The maximum Gasteiger partial charge on any atom is 0.0406 e. The maximum atomic E-state index is 5.80. The van der Waals surface area contributed by atoms with Gasteiger partial charge in [0.1, 0.15) is 0 Å². The highest BCUT2D eigenvalue weighted by atomic mass is 35.5. The van der Waals surface area contributed by atoms with Crippen LogP contribution in [0.25, 0.3) is 0 Å². The third-order valence-electron chi connectivity index (χ3n) is 2.40. The number of hydrogen-bond donors (Lipinski definition) is 2. The molecule has 84 valence electrons. The minimum Gasteiger partial charge on any atom is -0.330 e. The topological polar surface area (TPSA) is 38.0 Å². The highest BCUT2D eigenvalue weighted by Gasteiger charge is 2.14. The van der Waals surface area contributed by atoms with E-state index in [1.165, 1.54) is 5.56 Å². The van der Waals surface area contributed by atoms with Crippen LogP contribution in [0, 0.1) is 5.41 Å².